The van der Waals surface area contributed by atoms with Crippen LogP contribution in [0.15, 0.2) is 66.7 Å². The van der Waals surface area contributed by atoms with E-state index in [0.29, 0.717) is 16.7 Å². The molecule has 4 aromatic rings. The maximum atomic E-state index is 13.8. The number of benzene rings is 3. The maximum Gasteiger partial charge on any atom is 0.435 e. The van der Waals surface area contributed by atoms with Gasteiger partial charge in [-0.15, -0.1) is 0 Å². The van der Waals surface area contributed by atoms with Crippen LogP contribution in [0.3, 0.4) is 0 Å². The van der Waals surface area contributed by atoms with Crippen molar-refractivity contribution < 1.29 is 36.2 Å². The van der Waals surface area contributed by atoms with Crippen molar-refractivity contribution in [3.63, 3.8) is 0 Å². The molecule has 204 valence electrons. The van der Waals surface area contributed by atoms with E-state index in [9.17, 15) is 36.2 Å². The van der Waals surface area contributed by atoms with Crippen LogP contribution in [0.4, 0.5) is 32.0 Å². The highest BCUT2D eigenvalue weighted by atomic mass is 35.5. The van der Waals surface area contributed by atoms with Crippen molar-refractivity contribution in [3.05, 3.63) is 99.2 Å². The summed E-state index contributed by atoms with van der Waals surface area (Å²) in [6.45, 7) is -0.224. The van der Waals surface area contributed by atoms with Crippen LogP contribution in [-0.2, 0) is 25.9 Å². The number of carbonyl (C=O) groups is 1. The average Bonchev–Trinajstić information content (AvgIpc) is 3.24. The lowest BCUT2D eigenvalue weighted by Gasteiger charge is -2.25. The van der Waals surface area contributed by atoms with E-state index in [1.54, 1.807) is 12.1 Å². The minimum Gasteiger partial charge on any atom is -0.507 e. The molecule has 0 fully saturated rings. The number of nitrogens with zero attached hydrogens (tertiary/aromatic N) is 3. The summed E-state index contributed by atoms with van der Waals surface area (Å²) in [5.74, 6) is -1.58. The zero-order valence-electron chi connectivity index (χ0n) is 19.8. The first-order valence-corrected chi connectivity index (χ1v) is 11.8. The molecule has 3 aromatic carbocycles. The van der Waals surface area contributed by atoms with E-state index in [-0.39, 0.29) is 28.5 Å². The Morgan fingerprint density at radius 1 is 0.897 bits per heavy atom. The Kier molecular flexibility index (Phi) is 7.59. The van der Waals surface area contributed by atoms with Crippen LogP contribution in [0.5, 0.6) is 5.75 Å². The third kappa shape index (κ3) is 6.15. The van der Waals surface area contributed by atoms with Crippen molar-refractivity contribution in [2.75, 3.05) is 4.90 Å². The number of phenolic OH excluding ortho intramolecular Hbond substituents is 1. The van der Waals surface area contributed by atoms with Gasteiger partial charge in [0.2, 0.25) is 0 Å². The molecule has 1 aromatic heterocycles. The van der Waals surface area contributed by atoms with Gasteiger partial charge in [0, 0.05) is 34.4 Å². The largest absolute Gasteiger partial charge is 0.507 e. The molecule has 0 saturated heterocycles. The van der Waals surface area contributed by atoms with Gasteiger partial charge in [0.1, 0.15) is 5.75 Å². The van der Waals surface area contributed by atoms with E-state index >= 15 is 0 Å². The van der Waals surface area contributed by atoms with E-state index < -0.39 is 40.8 Å². The van der Waals surface area contributed by atoms with Gasteiger partial charge in [-0.2, -0.15) is 31.4 Å². The van der Waals surface area contributed by atoms with Gasteiger partial charge in [0.05, 0.1) is 23.4 Å². The van der Waals surface area contributed by atoms with Gasteiger partial charge in [-0.05, 0) is 54.1 Å². The van der Waals surface area contributed by atoms with Crippen LogP contribution in [0.25, 0.3) is 11.3 Å². The van der Waals surface area contributed by atoms with Crippen molar-refractivity contribution in [2.45, 2.75) is 18.9 Å². The Hall–Kier alpha value is -3.70. The molecule has 0 bridgehead atoms. The molecular weight excluding hydrogens is 571 g/mol. The van der Waals surface area contributed by atoms with Gasteiger partial charge in [-0.3, -0.25) is 9.48 Å². The third-order valence-electron chi connectivity index (χ3n) is 5.76. The fourth-order valence-electron chi connectivity index (χ4n) is 3.90. The number of amides is 1. The molecule has 0 unspecified atom stereocenters. The number of halogens is 8. The fraction of sp³-hybridized carbons (Fsp3) is 0.154. The lowest BCUT2D eigenvalue weighted by molar-refractivity contribution is -0.141. The van der Waals surface area contributed by atoms with Crippen LogP contribution < -0.4 is 4.90 Å². The summed E-state index contributed by atoms with van der Waals surface area (Å²) < 4.78 is 81.6. The molecule has 0 radical (unpaired) electrons. The number of anilines is 1. The normalized spacial score (nSPS) is 12.0. The van der Waals surface area contributed by atoms with Crippen molar-refractivity contribution in [2.24, 2.45) is 7.05 Å². The van der Waals surface area contributed by atoms with Crippen molar-refractivity contribution in [1.82, 2.24) is 9.78 Å². The summed E-state index contributed by atoms with van der Waals surface area (Å²) in [6.07, 6.45) is -9.62. The van der Waals surface area contributed by atoms with E-state index in [1.165, 1.54) is 31.3 Å². The predicted octanol–water partition coefficient (Wildman–Crippen LogP) is 7.98. The van der Waals surface area contributed by atoms with E-state index in [1.807, 2.05) is 0 Å². The lowest BCUT2D eigenvalue weighted by atomic mass is 10.0. The lowest BCUT2D eigenvalue weighted by Crippen LogP contribution is -2.32. The summed E-state index contributed by atoms with van der Waals surface area (Å²) >= 11 is 11.7. The van der Waals surface area contributed by atoms with Gasteiger partial charge >= 0.3 is 12.4 Å². The third-order valence-corrected chi connectivity index (χ3v) is 6.24. The Balaban J connectivity index is 1.81. The van der Waals surface area contributed by atoms with Crippen LogP contribution in [0.1, 0.15) is 27.2 Å². The first kappa shape index (κ1) is 28.3. The highest BCUT2D eigenvalue weighted by molar-refractivity contribution is 6.31. The molecule has 0 aliphatic carbocycles. The topological polar surface area (TPSA) is 58.4 Å². The summed E-state index contributed by atoms with van der Waals surface area (Å²) in [5.41, 5.74) is -2.74. The number of carbonyl (C=O) groups excluding carboxylic acids is 1. The first-order valence-electron chi connectivity index (χ1n) is 11.0. The molecule has 0 aliphatic rings. The van der Waals surface area contributed by atoms with E-state index in [0.717, 1.165) is 33.8 Å². The molecular formula is C26H17Cl2F6N3O2. The number of aromatic nitrogens is 2. The highest BCUT2D eigenvalue weighted by Crippen LogP contribution is 2.38. The fourth-order valence-corrected chi connectivity index (χ4v) is 4.20. The SMILES string of the molecule is Cn1nc(C(F)(F)F)cc1-c1ccc(N(Cc2ccc(Cl)cc2)C(=O)c2ccc(Cl)cc2C(F)(F)F)cc1O. The number of aromatic hydroxyl groups is 1. The number of hydrogen-bond acceptors (Lipinski definition) is 3. The zero-order chi connectivity index (χ0) is 28.7. The maximum absolute atomic E-state index is 13.8. The summed E-state index contributed by atoms with van der Waals surface area (Å²) in [4.78, 5) is 14.6. The number of rotatable bonds is 5. The predicted molar refractivity (Wildman–Crippen MR) is 134 cm³/mol. The number of alkyl halides is 6. The summed E-state index contributed by atoms with van der Waals surface area (Å²) in [7, 11) is 1.26. The van der Waals surface area contributed by atoms with Crippen molar-refractivity contribution >= 4 is 34.8 Å². The minimum absolute atomic E-state index is 0.0162. The number of phenols is 1. The molecule has 39 heavy (non-hydrogen) atoms. The molecule has 4 rings (SSSR count). The molecule has 0 saturated carbocycles. The van der Waals surface area contributed by atoms with Crippen molar-refractivity contribution in [1.29, 1.82) is 0 Å². The van der Waals surface area contributed by atoms with Crippen LogP contribution in [-0.4, -0.2) is 20.8 Å². The number of aryl methyl sites for hydroxylation is 1. The van der Waals surface area contributed by atoms with Gasteiger partial charge in [0.15, 0.2) is 5.69 Å². The molecule has 1 N–H and O–H groups in total. The number of hydrogen-bond donors (Lipinski definition) is 1. The van der Waals surface area contributed by atoms with Gasteiger partial charge in [-0.1, -0.05) is 35.3 Å². The molecule has 1 heterocycles. The second-order valence-corrected chi connectivity index (χ2v) is 9.32. The van der Waals surface area contributed by atoms with Gasteiger partial charge in [0.25, 0.3) is 5.91 Å². The van der Waals surface area contributed by atoms with Gasteiger partial charge in [-0.25, -0.2) is 0 Å². The van der Waals surface area contributed by atoms with E-state index in [4.69, 9.17) is 23.2 Å². The second kappa shape index (κ2) is 10.5. The van der Waals surface area contributed by atoms with Crippen LogP contribution in [0.2, 0.25) is 10.0 Å². The smallest absolute Gasteiger partial charge is 0.435 e. The Labute approximate surface area is 227 Å². The monoisotopic (exact) mass is 587 g/mol. The standard InChI is InChI=1S/C26H17Cl2F6N3O2/c1-36-21(12-23(35-36)26(32,33)34)19-9-7-17(11-22(19)38)37(13-14-2-4-15(27)5-3-14)24(39)18-8-6-16(28)10-20(18)25(29,30)31/h2-12,38H,13H2,1H3. The van der Waals surface area contributed by atoms with E-state index in [2.05, 4.69) is 5.10 Å². The molecule has 0 atom stereocenters. The van der Waals surface area contributed by atoms with Gasteiger partial charge < -0.3 is 10.0 Å². The molecule has 1 amide bonds. The molecule has 5 nitrogen and oxygen atoms in total. The molecule has 0 spiro atoms. The summed E-state index contributed by atoms with van der Waals surface area (Å²) in [6, 6.07) is 13.3. The molecule has 13 heteroatoms. The van der Waals surface area contributed by atoms with Crippen LogP contribution in [0, 0.1) is 0 Å². The first-order chi connectivity index (χ1) is 18.1. The Morgan fingerprint density at radius 2 is 1.54 bits per heavy atom. The Morgan fingerprint density at radius 3 is 2.10 bits per heavy atom. The quantitative estimate of drug-likeness (QED) is 0.241. The van der Waals surface area contributed by atoms with Crippen LogP contribution >= 0.6 is 23.2 Å². The Bertz CT molecular complexity index is 1530. The summed E-state index contributed by atoms with van der Waals surface area (Å²) in [5, 5.41) is 14.3. The molecule has 0 aliphatic heterocycles. The minimum atomic E-state index is -4.90. The second-order valence-electron chi connectivity index (χ2n) is 8.44. The zero-order valence-corrected chi connectivity index (χ0v) is 21.3. The highest BCUT2D eigenvalue weighted by Gasteiger charge is 2.37. The average molecular weight is 588 g/mol. The van der Waals surface area contributed by atoms with Crippen molar-refractivity contribution in [3.8, 4) is 17.0 Å².